The first-order valence-corrected chi connectivity index (χ1v) is 7.40. The highest BCUT2D eigenvalue weighted by atomic mass is 32.2. The average Bonchev–Trinajstić information content (AvgIpc) is 2.43. The maximum atomic E-state index is 13.8. The molecule has 0 aliphatic carbocycles. The molecule has 3 N–H and O–H groups in total. The first-order valence-electron chi connectivity index (χ1n) is 5.92. The highest BCUT2D eigenvalue weighted by Gasteiger charge is 2.19. The zero-order valence-corrected chi connectivity index (χ0v) is 11.9. The molecule has 108 valence electrons. The molecule has 0 aliphatic heterocycles. The summed E-state index contributed by atoms with van der Waals surface area (Å²) in [5, 5.41) is 8.66. The smallest absolute Gasteiger partial charge is 0.262 e. The van der Waals surface area contributed by atoms with Crippen molar-refractivity contribution in [2.75, 3.05) is 10.5 Å². The van der Waals surface area contributed by atoms with Crippen LogP contribution in [0, 0.1) is 24.1 Å². The van der Waals surface area contributed by atoms with Gasteiger partial charge >= 0.3 is 0 Å². The Bertz CT molecular complexity index is 842. The van der Waals surface area contributed by atoms with Crippen molar-refractivity contribution in [2.24, 2.45) is 0 Å². The summed E-state index contributed by atoms with van der Waals surface area (Å²) in [4.78, 5) is -0.0220. The predicted octanol–water partition coefficient (Wildman–Crippen LogP) is 2.39. The Morgan fingerprint density at radius 1 is 1.24 bits per heavy atom. The van der Waals surface area contributed by atoms with Crippen molar-refractivity contribution in [3.05, 3.63) is 53.3 Å². The number of nitriles is 1. The number of nitrogens with two attached hydrogens (primary N) is 1. The van der Waals surface area contributed by atoms with Crippen LogP contribution in [0.4, 0.5) is 15.8 Å². The maximum absolute atomic E-state index is 13.8. The molecule has 0 amide bonds. The van der Waals surface area contributed by atoms with Crippen molar-refractivity contribution in [3.8, 4) is 6.07 Å². The van der Waals surface area contributed by atoms with Gasteiger partial charge in [0.05, 0.1) is 22.2 Å². The minimum atomic E-state index is -3.96. The number of nitrogens with zero attached hydrogens (tertiary/aromatic N) is 1. The standard InChI is InChI=1S/C14H12FN3O2S/c1-9-2-4-11(17)7-14(9)21(19,20)18-13-5-3-10(8-16)6-12(13)15/h2-7,18H,17H2,1H3. The van der Waals surface area contributed by atoms with Gasteiger partial charge in [-0.15, -0.1) is 0 Å². The molecule has 2 rings (SSSR count). The Labute approximate surface area is 121 Å². The molecule has 0 bridgehead atoms. The minimum absolute atomic E-state index is 0.0220. The minimum Gasteiger partial charge on any atom is -0.399 e. The van der Waals surface area contributed by atoms with Crippen molar-refractivity contribution in [1.29, 1.82) is 5.26 Å². The fraction of sp³-hybridized carbons (Fsp3) is 0.0714. The highest BCUT2D eigenvalue weighted by molar-refractivity contribution is 7.92. The molecule has 0 unspecified atom stereocenters. The average molecular weight is 305 g/mol. The molecule has 0 aliphatic rings. The second-order valence-electron chi connectivity index (χ2n) is 4.44. The van der Waals surface area contributed by atoms with Crippen molar-refractivity contribution >= 4 is 21.4 Å². The first kappa shape index (κ1) is 14.8. The van der Waals surface area contributed by atoms with E-state index in [0.29, 0.717) is 11.3 Å². The van der Waals surface area contributed by atoms with E-state index < -0.39 is 15.8 Å². The van der Waals surface area contributed by atoms with Crippen LogP contribution in [0.1, 0.15) is 11.1 Å². The number of nitrogen functional groups attached to an aromatic ring is 1. The van der Waals surface area contributed by atoms with Crippen LogP contribution in [-0.4, -0.2) is 8.42 Å². The van der Waals surface area contributed by atoms with Gasteiger partial charge in [-0.3, -0.25) is 4.72 Å². The van der Waals surface area contributed by atoms with Crippen molar-refractivity contribution < 1.29 is 12.8 Å². The van der Waals surface area contributed by atoms with Gasteiger partial charge in [-0.2, -0.15) is 5.26 Å². The van der Waals surface area contributed by atoms with E-state index in [9.17, 15) is 12.8 Å². The lowest BCUT2D eigenvalue weighted by molar-refractivity contribution is 0.598. The second kappa shape index (κ2) is 5.42. The molecule has 7 heteroatoms. The van der Waals surface area contributed by atoms with Gasteiger partial charge in [-0.25, -0.2) is 12.8 Å². The predicted molar refractivity (Wildman–Crippen MR) is 77.5 cm³/mol. The molecule has 0 spiro atoms. The van der Waals surface area contributed by atoms with E-state index in [2.05, 4.69) is 4.72 Å². The van der Waals surface area contributed by atoms with E-state index in [0.717, 1.165) is 6.07 Å². The Kier molecular flexibility index (Phi) is 3.82. The molecule has 0 saturated carbocycles. The van der Waals surface area contributed by atoms with E-state index in [1.807, 2.05) is 0 Å². The van der Waals surface area contributed by atoms with Crippen LogP contribution in [0.3, 0.4) is 0 Å². The van der Waals surface area contributed by atoms with Gasteiger partial charge < -0.3 is 5.73 Å². The zero-order valence-electron chi connectivity index (χ0n) is 11.1. The summed E-state index contributed by atoms with van der Waals surface area (Å²) in [6.07, 6.45) is 0. The van der Waals surface area contributed by atoms with E-state index in [-0.39, 0.29) is 16.1 Å². The molecule has 0 saturated heterocycles. The second-order valence-corrected chi connectivity index (χ2v) is 6.09. The van der Waals surface area contributed by atoms with Gasteiger partial charge in [0.2, 0.25) is 0 Å². The lowest BCUT2D eigenvalue weighted by Gasteiger charge is -2.11. The van der Waals surface area contributed by atoms with E-state index in [1.165, 1.54) is 18.2 Å². The third-order valence-electron chi connectivity index (χ3n) is 2.84. The number of rotatable bonds is 3. The van der Waals surface area contributed by atoms with Gasteiger partial charge in [0, 0.05) is 5.69 Å². The third kappa shape index (κ3) is 3.12. The Balaban J connectivity index is 2.43. The summed E-state index contributed by atoms with van der Waals surface area (Å²) >= 11 is 0. The molecule has 5 nitrogen and oxygen atoms in total. The lowest BCUT2D eigenvalue weighted by atomic mass is 10.2. The van der Waals surface area contributed by atoms with Crippen LogP contribution in [0.2, 0.25) is 0 Å². The largest absolute Gasteiger partial charge is 0.399 e. The molecule has 0 radical (unpaired) electrons. The number of hydrogen-bond acceptors (Lipinski definition) is 4. The topological polar surface area (TPSA) is 96.0 Å². The quantitative estimate of drug-likeness (QED) is 0.851. The van der Waals surface area contributed by atoms with E-state index >= 15 is 0 Å². The SMILES string of the molecule is Cc1ccc(N)cc1S(=O)(=O)Nc1ccc(C#N)cc1F. The van der Waals surface area contributed by atoms with Crippen LogP contribution >= 0.6 is 0 Å². The number of hydrogen-bond donors (Lipinski definition) is 2. The highest BCUT2D eigenvalue weighted by Crippen LogP contribution is 2.23. The molecule has 2 aromatic rings. The molecule has 0 heterocycles. The Morgan fingerprint density at radius 2 is 1.95 bits per heavy atom. The molecule has 0 fully saturated rings. The van der Waals surface area contributed by atoms with E-state index in [1.54, 1.807) is 25.1 Å². The van der Waals surface area contributed by atoms with Gasteiger partial charge in [-0.1, -0.05) is 6.07 Å². The number of nitrogens with one attached hydrogen (secondary N) is 1. The summed E-state index contributed by atoms with van der Waals surface area (Å²) in [6.45, 7) is 1.61. The fourth-order valence-corrected chi connectivity index (χ4v) is 3.12. The summed E-state index contributed by atoms with van der Waals surface area (Å²) in [7, 11) is -3.96. The lowest BCUT2D eigenvalue weighted by Crippen LogP contribution is -2.15. The number of anilines is 2. The Hall–Kier alpha value is -2.59. The summed E-state index contributed by atoms with van der Waals surface area (Å²) < 4.78 is 40.5. The Morgan fingerprint density at radius 3 is 2.57 bits per heavy atom. The third-order valence-corrected chi connectivity index (χ3v) is 4.35. The normalized spacial score (nSPS) is 10.9. The van der Waals surface area contributed by atoms with Gasteiger partial charge in [-0.05, 0) is 42.8 Å². The zero-order chi connectivity index (χ0) is 15.6. The van der Waals surface area contributed by atoms with Crippen molar-refractivity contribution in [2.45, 2.75) is 11.8 Å². The molecule has 2 aromatic carbocycles. The molecular formula is C14H12FN3O2S. The first-order chi connectivity index (χ1) is 9.83. The van der Waals surface area contributed by atoms with Gasteiger partial charge in [0.25, 0.3) is 10.0 Å². The summed E-state index contributed by atoms with van der Waals surface area (Å²) in [5.41, 5.74) is 6.25. The maximum Gasteiger partial charge on any atom is 0.262 e. The van der Waals surface area contributed by atoms with Crippen LogP contribution in [0.15, 0.2) is 41.3 Å². The number of halogens is 1. The monoisotopic (exact) mass is 305 g/mol. The van der Waals surface area contributed by atoms with Crippen molar-refractivity contribution in [3.63, 3.8) is 0 Å². The fourth-order valence-electron chi connectivity index (χ4n) is 1.77. The summed E-state index contributed by atoms with van der Waals surface area (Å²) in [5.74, 6) is -0.820. The molecule has 0 aromatic heterocycles. The summed E-state index contributed by atoms with van der Waals surface area (Å²) in [6, 6.07) is 9.72. The molecule has 0 atom stereocenters. The molecule has 21 heavy (non-hydrogen) atoms. The number of aryl methyl sites for hydroxylation is 1. The van der Waals surface area contributed by atoms with Crippen molar-refractivity contribution in [1.82, 2.24) is 0 Å². The van der Waals surface area contributed by atoms with Gasteiger partial charge in [0.1, 0.15) is 5.82 Å². The van der Waals surface area contributed by atoms with Gasteiger partial charge in [0.15, 0.2) is 0 Å². The van der Waals surface area contributed by atoms with Crippen LogP contribution in [-0.2, 0) is 10.0 Å². The van der Waals surface area contributed by atoms with Crippen LogP contribution < -0.4 is 10.5 Å². The van der Waals surface area contributed by atoms with Crippen LogP contribution in [0.25, 0.3) is 0 Å². The van der Waals surface area contributed by atoms with Crippen LogP contribution in [0.5, 0.6) is 0 Å². The van der Waals surface area contributed by atoms with E-state index in [4.69, 9.17) is 11.0 Å². The number of benzene rings is 2. The number of sulfonamides is 1. The molecular weight excluding hydrogens is 293 g/mol.